The molecule has 11 heteroatoms. The van der Waals surface area contributed by atoms with Crippen LogP contribution in [0.25, 0.3) is 0 Å². The van der Waals surface area contributed by atoms with E-state index in [1.54, 1.807) is 11.0 Å². The summed E-state index contributed by atoms with van der Waals surface area (Å²) in [5.74, 6) is -3.34. The molecule has 1 spiro atoms. The van der Waals surface area contributed by atoms with Crippen LogP contribution in [0.15, 0.2) is 53.0 Å². The number of ether oxygens (including phenoxy) is 2. The van der Waals surface area contributed by atoms with E-state index >= 15 is 0 Å². The minimum Gasteiger partial charge on any atom is -0.463 e. The molecule has 250 valence electrons. The van der Waals surface area contributed by atoms with Gasteiger partial charge in [-0.15, -0.1) is 0 Å². The molecule has 10 nitrogen and oxygen atoms in total. The van der Waals surface area contributed by atoms with Crippen LogP contribution in [0.3, 0.4) is 0 Å². The van der Waals surface area contributed by atoms with E-state index in [0.717, 1.165) is 5.56 Å². The maximum atomic E-state index is 15.0. The highest BCUT2D eigenvalue weighted by Crippen LogP contribution is 2.59. The first-order valence-electron chi connectivity index (χ1n) is 16.1. The zero-order chi connectivity index (χ0) is 33.4. The van der Waals surface area contributed by atoms with Gasteiger partial charge in [-0.05, 0) is 50.2 Å². The number of aliphatic hydroxyl groups is 1. The van der Waals surface area contributed by atoms with Crippen molar-refractivity contribution in [3.8, 4) is 0 Å². The van der Waals surface area contributed by atoms with Crippen LogP contribution in [0, 0.1) is 17.3 Å². The zero-order valence-corrected chi connectivity index (χ0v) is 28.9. The number of amides is 3. The van der Waals surface area contributed by atoms with Crippen molar-refractivity contribution in [2.45, 2.75) is 89.6 Å². The topological polar surface area (TPSA) is 125 Å². The van der Waals surface area contributed by atoms with Gasteiger partial charge in [0.15, 0.2) is 0 Å². The van der Waals surface area contributed by atoms with Gasteiger partial charge in [0.1, 0.15) is 24.4 Å². The number of carbonyl (C=O) groups is 4. The molecule has 5 bridgehead atoms. The van der Waals surface area contributed by atoms with Gasteiger partial charge in [-0.3, -0.25) is 19.2 Å². The highest BCUT2D eigenvalue weighted by molar-refractivity contribution is 9.11. The van der Waals surface area contributed by atoms with Gasteiger partial charge in [-0.25, -0.2) is 0 Å². The number of halogens is 1. The molecule has 4 aliphatic rings. The zero-order valence-electron chi connectivity index (χ0n) is 27.3. The van der Waals surface area contributed by atoms with Crippen molar-refractivity contribution in [3.63, 3.8) is 0 Å². The number of hydrogen-bond acceptors (Lipinski definition) is 7. The van der Waals surface area contributed by atoms with Crippen LogP contribution in [-0.2, 0) is 28.7 Å². The number of carbonyl (C=O) groups excluding carboxylic acids is 4. The molecular formula is C35H46BrN3O7. The molecule has 5 rings (SSSR count). The summed E-state index contributed by atoms with van der Waals surface area (Å²) >= 11 is 3.61. The second-order valence-electron chi connectivity index (χ2n) is 14.6. The predicted molar refractivity (Wildman–Crippen MR) is 175 cm³/mol. The van der Waals surface area contributed by atoms with Crippen molar-refractivity contribution in [2.75, 3.05) is 26.3 Å². The van der Waals surface area contributed by atoms with Gasteiger partial charge < -0.3 is 29.7 Å². The van der Waals surface area contributed by atoms with E-state index in [0.29, 0.717) is 17.3 Å². The number of fused-ring (bicyclic) bond motifs is 2. The molecule has 2 saturated heterocycles. The van der Waals surface area contributed by atoms with Gasteiger partial charge >= 0.3 is 5.97 Å². The Bertz CT molecular complexity index is 1400. The number of aliphatic hydroxyl groups excluding tert-OH is 1. The van der Waals surface area contributed by atoms with E-state index < -0.39 is 53.0 Å². The Hall–Kier alpha value is -3.02. The molecule has 46 heavy (non-hydrogen) atoms. The van der Waals surface area contributed by atoms with Crippen molar-refractivity contribution in [1.29, 1.82) is 0 Å². The van der Waals surface area contributed by atoms with Gasteiger partial charge in [-0.2, -0.15) is 0 Å². The molecule has 0 saturated carbocycles. The monoisotopic (exact) mass is 699 g/mol. The number of likely N-dealkylation sites (tertiary alicyclic amines) is 1. The third-order valence-electron chi connectivity index (χ3n) is 9.38. The number of allylic oxidation sites excluding steroid dienone is 1. The van der Waals surface area contributed by atoms with E-state index in [1.807, 2.05) is 56.3 Å². The molecule has 3 amide bonds. The normalized spacial score (nSPS) is 31.5. The van der Waals surface area contributed by atoms with E-state index in [4.69, 9.17) is 9.47 Å². The fourth-order valence-electron chi connectivity index (χ4n) is 7.87. The van der Waals surface area contributed by atoms with Gasteiger partial charge in [0.2, 0.25) is 17.7 Å². The van der Waals surface area contributed by atoms with Crippen molar-refractivity contribution in [3.05, 3.63) is 58.6 Å². The summed E-state index contributed by atoms with van der Waals surface area (Å²) in [6.07, 6.45) is 6.32. The first kappa shape index (κ1) is 34.3. The van der Waals surface area contributed by atoms with E-state index in [9.17, 15) is 24.3 Å². The van der Waals surface area contributed by atoms with Crippen molar-refractivity contribution >= 4 is 39.6 Å². The smallest absolute Gasteiger partial charge is 0.306 e. The first-order valence-corrected chi connectivity index (χ1v) is 16.9. The number of benzene rings is 1. The standard InChI is InChI=1S/C35H46BrN3O7/c1-33(2,3)21-34(4,5)39-17-11-7-10-15-25(41)45-20-24(22-13-8-6-9-14-22)37-30(42)26-27-31(43)38(16-12-18-40)29(32(39)44)35(27)19-23(36)28(26)46-35/h6-9,11,13-14,19,24,26-29,40H,10,12,15-18,20-21H2,1-5H3,(H,37,42)/b11-7-/t24-,26-,27+,28-,29-,35+/m1/s1. The Morgan fingerprint density at radius 3 is 2.43 bits per heavy atom. The fraction of sp³-hybridized carbons (Fsp3) is 0.600. The summed E-state index contributed by atoms with van der Waals surface area (Å²) in [6, 6.07) is 7.54. The molecule has 1 aromatic carbocycles. The third-order valence-corrected chi connectivity index (χ3v) is 10.1. The minimum absolute atomic E-state index is 0.0736. The van der Waals surface area contributed by atoms with Crippen LogP contribution < -0.4 is 5.32 Å². The molecule has 4 aliphatic heterocycles. The van der Waals surface area contributed by atoms with Gasteiger partial charge in [0.25, 0.3) is 0 Å². The summed E-state index contributed by atoms with van der Waals surface area (Å²) < 4.78 is 12.9. The molecule has 6 atom stereocenters. The predicted octanol–water partition coefficient (Wildman–Crippen LogP) is 4.04. The van der Waals surface area contributed by atoms with Crippen LogP contribution in [0.2, 0.25) is 0 Å². The van der Waals surface area contributed by atoms with Gasteiger partial charge in [-0.1, -0.05) is 79.2 Å². The van der Waals surface area contributed by atoms with Crippen LogP contribution in [-0.4, -0.2) is 88.2 Å². The molecule has 4 heterocycles. The van der Waals surface area contributed by atoms with Crippen molar-refractivity contribution in [2.24, 2.45) is 17.3 Å². The summed E-state index contributed by atoms with van der Waals surface area (Å²) in [6.45, 7) is 10.6. The van der Waals surface area contributed by atoms with Gasteiger partial charge in [0, 0.05) is 36.1 Å². The Morgan fingerprint density at radius 1 is 1.04 bits per heavy atom. The van der Waals surface area contributed by atoms with Crippen LogP contribution in [0.5, 0.6) is 0 Å². The number of hydrogen-bond donors (Lipinski definition) is 2. The lowest BCUT2D eigenvalue weighted by Crippen LogP contribution is -2.60. The second-order valence-corrected chi connectivity index (χ2v) is 15.5. The Balaban J connectivity index is 1.61. The fourth-order valence-corrected chi connectivity index (χ4v) is 8.61. The molecule has 0 radical (unpaired) electrons. The number of nitrogens with one attached hydrogen (secondary N) is 1. The SMILES string of the molecule is CC(C)(C)CC(C)(C)N1C/C=C\CCC(=O)OC[C@H](c2ccccc2)NC(=O)[C@H]2[C@@H]3O[C@@]4(C=C3Br)[C@@H]2C(=O)N(CCCO)[C@@H]4C1=O. The molecular weight excluding hydrogens is 654 g/mol. The number of esters is 1. The van der Waals surface area contributed by atoms with Crippen LogP contribution >= 0.6 is 15.9 Å². The Labute approximate surface area is 279 Å². The lowest BCUT2D eigenvalue weighted by molar-refractivity contribution is -0.152. The summed E-state index contributed by atoms with van der Waals surface area (Å²) in [5.41, 5.74) is -1.37. The summed E-state index contributed by atoms with van der Waals surface area (Å²) in [5, 5.41) is 12.8. The number of nitrogens with zero attached hydrogens (tertiary/aromatic N) is 2. The Kier molecular flexibility index (Phi) is 9.88. The highest BCUT2D eigenvalue weighted by atomic mass is 79.9. The second kappa shape index (κ2) is 13.2. The molecule has 2 fully saturated rings. The Morgan fingerprint density at radius 2 is 1.76 bits per heavy atom. The quantitative estimate of drug-likeness (QED) is 0.339. The van der Waals surface area contributed by atoms with E-state index in [1.165, 1.54) is 4.90 Å². The number of rotatable bonds is 6. The number of cyclic esters (lactones) is 1. The lowest BCUT2D eigenvalue weighted by atomic mass is 9.73. The molecule has 0 unspecified atom stereocenters. The van der Waals surface area contributed by atoms with Crippen LogP contribution in [0.4, 0.5) is 0 Å². The first-order chi connectivity index (χ1) is 21.7. The van der Waals surface area contributed by atoms with E-state index in [2.05, 4.69) is 42.0 Å². The lowest BCUT2D eigenvalue weighted by Gasteiger charge is -2.45. The molecule has 0 aliphatic carbocycles. The van der Waals surface area contributed by atoms with Gasteiger partial charge in [0.05, 0.1) is 17.9 Å². The maximum absolute atomic E-state index is 15.0. The summed E-state index contributed by atoms with van der Waals surface area (Å²) in [7, 11) is 0. The van der Waals surface area contributed by atoms with Crippen LogP contribution in [0.1, 0.15) is 71.9 Å². The maximum Gasteiger partial charge on any atom is 0.306 e. The average Bonchev–Trinajstić information content (AvgIpc) is 3.57. The molecule has 1 aromatic rings. The van der Waals surface area contributed by atoms with E-state index in [-0.39, 0.29) is 56.4 Å². The molecule has 2 N–H and O–H groups in total. The third kappa shape index (κ3) is 6.55. The highest BCUT2D eigenvalue weighted by Gasteiger charge is 2.74. The van der Waals surface area contributed by atoms with Crippen molar-refractivity contribution in [1.82, 2.24) is 15.1 Å². The summed E-state index contributed by atoms with van der Waals surface area (Å²) in [4.78, 5) is 59.7. The largest absolute Gasteiger partial charge is 0.463 e. The molecule has 0 aromatic heterocycles. The van der Waals surface area contributed by atoms with Crippen molar-refractivity contribution < 1.29 is 33.8 Å². The minimum atomic E-state index is -1.38. The average molecular weight is 701 g/mol.